The van der Waals surface area contributed by atoms with Crippen molar-refractivity contribution in [3.8, 4) is 0 Å². The third-order valence-electron chi connectivity index (χ3n) is 4.09. The smallest absolute Gasteiger partial charge is 0.125 e. The average molecular weight is 330 g/mol. The lowest BCUT2D eigenvalue weighted by Crippen LogP contribution is -2.17. The molecule has 0 spiro atoms. The number of halogens is 2. The molecular formula is C19H20F2N2O. The second-order valence-electron chi connectivity index (χ2n) is 5.93. The molecule has 0 aliphatic heterocycles. The Hall–Kier alpha value is -2.24. The highest BCUT2D eigenvalue weighted by atomic mass is 19.1. The summed E-state index contributed by atoms with van der Waals surface area (Å²) in [4.78, 5) is 0. The van der Waals surface area contributed by atoms with Gasteiger partial charge in [-0.15, -0.1) is 0 Å². The van der Waals surface area contributed by atoms with Crippen LogP contribution in [0, 0.1) is 18.6 Å². The normalized spacial score (nSPS) is 11.3. The number of aryl methyl sites for hydroxylation is 1. The van der Waals surface area contributed by atoms with Crippen molar-refractivity contribution in [1.82, 2.24) is 9.88 Å². The van der Waals surface area contributed by atoms with Crippen LogP contribution < -0.4 is 5.32 Å². The number of nitrogens with zero attached hydrogens (tertiary/aromatic N) is 1. The summed E-state index contributed by atoms with van der Waals surface area (Å²) < 4.78 is 29.1. The minimum atomic E-state index is -0.290. The van der Waals surface area contributed by atoms with Crippen molar-refractivity contribution in [1.29, 1.82) is 0 Å². The topological polar surface area (TPSA) is 37.2 Å². The zero-order valence-electron chi connectivity index (χ0n) is 13.5. The molecule has 5 heteroatoms. The van der Waals surface area contributed by atoms with Gasteiger partial charge in [0.15, 0.2) is 0 Å². The third-order valence-corrected chi connectivity index (χ3v) is 4.09. The Kier molecular flexibility index (Phi) is 4.92. The average Bonchev–Trinajstić information content (AvgIpc) is 2.85. The van der Waals surface area contributed by atoms with Gasteiger partial charge in [0.05, 0.1) is 12.1 Å². The van der Waals surface area contributed by atoms with E-state index in [1.165, 1.54) is 24.3 Å². The first-order valence-corrected chi connectivity index (χ1v) is 7.92. The number of hydrogen-bond donors (Lipinski definition) is 2. The van der Waals surface area contributed by atoms with Gasteiger partial charge in [0.2, 0.25) is 0 Å². The molecular weight excluding hydrogens is 310 g/mol. The van der Waals surface area contributed by atoms with Gasteiger partial charge in [-0.25, -0.2) is 8.78 Å². The van der Waals surface area contributed by atoms with Crippen LogP contribution >= 0.6 is 0 Å². The summed E-state index contributed by atoms with van der Waals surface area (Å²) in [5.41, 5.74) is 3.71. The number of aliphatic hydroxyl groups excluding tert-OH is 1. The fourth-order valence-electron chi connectivity index (χ4n) is 3.06. The van der Waals surface area contributed by atoms with Gasteiger partial charge in [0.25, 0.3) is 0 Å². The first-order valence-electron chi connectivity index (χ1n) is 7.92. The van der Waals surface area contributed by atoms with Crippen LogP contribution in [0.4, 0.5) is 8.78 Å². The zero-order chi connectivity index (χ0) is 17.1. The maximum absolute atomic E-state index is 14.0. The summed E-state index contributed by atoms with van der Waals surface area (Å²) in [7, 11) is 0. The summed E-state index contributed by atoms with van der Waals surface area (Å²) in [6.07, 6.45) is 1.99. The van der Waals surface area contributed by atoms with Crippen molar-refractivity contribution < 1.29 is 13.9 Å². The molecule has 0 amide bonds. The molecule has 2 N–H and O–H groups in total. The number of hydrogen-bond acceptors (Lipinski definition) is 2. The third kappa shape index (κ3) is 3.47. The van der Waals surface area contributed by atoms with E-state index in [0.29, 0.717) is 19.6 Å². The molecule has 3 aromatic rings. The molecule has 0 atom stereocenters. The van der Waals surface area contributed by atoms with Gasteiger partial charge in [-0.05, 0) is 47.9 Å². The van der Waals surface area contributed by atoms with Crippen LogP contribution in [0.3, 0.4) is 0 Å². The van der Waals surface area contributed by atoms with Crippen LogP contribution in [-0.4, -0.2) is 22.8 Å². The van der Waals surface area contributed by atoms with Gasteiger partial charge in [-0.1, -0.05) is 12.1 Å². The number of aromatic nitrogens is 1. The number of nitrogens with one attached hydrogen (secondary N) is 1. The van der Waals surface area contributed by atoms with Crippen LogP contribution in [-0.2, 0) is 13.1 Å². The number of benzene rings is 2. The van der Waals surface area contributed by atoms with Gasteiger partial charge in [-0.2, -0.15) is 0 Å². The summed E-state index contributed by atoms with van der Waals surface area (Å²) in [6.45, 7) is 3.56. The quantitative estimate of drug-likeness (QED) is 0.680. The Balaban J connectivity index is 1.98. The lowest BCUT2D eigenvalue weighted by atomic mass is 10.1. The van der Waals surface area contributed by atoms with E-state index in [2.05, 4.69) is 5.32 Å². The Labute approximate surface area is 139 Å². The maximum Gasteiger partial charge on any atom is 0.125 e. The summed E-state index contributed by atoms with van der Waals surface area (Å²) in [5.74, 6) is -0.558. The molecule has 0 saturated heterocycles. The van der Waals surface area contributed by atoms with Crippen LogP contribution in [0.25, 0.3) is 10.9 Å². The van der Waals surface area contributed by atoms with Crippen molar-refractivity contribution >= 4 is 10.9 Å². The van der Waals surface area contributed by atoms with Crippen LogP contribution in [0.5, 0.6) is 0 Å². The highest BCUT2D eigenvalue weighted by Gasteiger charge is 2.12. The first-order chi connectivity index (χ1) is 11.6. The molecule has 24 heavy (non-hydrogen) atoms. The maximum atomic E-state index is 14.0. The fraction of sp³-hybridized carbons (Fsp3) is 0.263. The van der Waals surface area contributed by atoms with Gasteiger partial charge < -0.3 is 15.0 Å². The highest BCUT2D eigenvalue weighted by Crippen LogP contribution is 2.27. The highest BCUT2D eigenvalue weighted by molar-refractivity contribution is 5.87. The molecule has 3 nitrogen and oxygen atoms in total. The van der Waals surface area contributed by atoms with E-state index in [9.17, 15) is 8.78 Å². The lowest BCUT2D eigenvalue weighted by molar-refractivity contribution is 0.292. The van der Waals surface area contributed by atoms with Crippen molar-refractivity contribution in [3.63, 3.8) is 0 Å². The monoisotopic (exact) mass is 330 g/mol. The molecule has 0 aliphatic carbocycles. The standard InChI is InChI=1S/C19H20F2N2O/c1-13-11-23(12-14-2-4-16(20)5-3-14)18-9-17(21)8-15(19(13)18)10-22-6-7-24/h2-5,8-9,11,22,24H,6-7,10,12H2,1H3. The number of fused-ring (bicyclic) bond motifs is 1. The van der Waals surface area contributed by atoms with E-state index < -0.39 is 0 Å². The van der Waals surface area contributed by atoms with Crippen molar-refractivity contribution in [2.75, 3.05) is 13.2 Å². The molecule has 3 rings (SSSR count). The molecule has 0 aliphatic rings. The SMILES string of the molecule is Cc1cn(Cc2ccc(F)cc2)c2cc(F)cc(CNCCO)c12. The molecule has 0 bridgehead atoms. The Morgan fingerprint density at radius 3 is 2.54 bits per heavy atom. The first kappa shape index (κ1) is 16.6. The van der Waals surface area contributed by atoms with Crippen LogP contribution in [0.15, 0.2) is 42.6 Å². The molecule has 2 aromatic carbocycles. The van der Waals surface area contributed by atoms with Gasteiger partial charge in [0.1, 0.15) is 11.6 Å². The number of rotatable bonds is 6. The van der Waals surface area contributed by atoms with Gasteiger partial charge in [-0.3, -0.25) is 0 Å². The second-order valence-corrected chi connectivity index (χ2v) is 5.93. The molecule has 0 fully saturated rings. The Bertz CT molecular complexity index is 841. The zero-order valence-corrected chi connectivity index (χ0v) is 13.5. The van der Waals surface area contributed by atoms with E-state index in [1.54, 1.807) is 12.1 Å². The molecule has 0 unspecified atom stereocenters. The molecule has 126 valence electrons. The summed E-state index contributed by atoms with van der Waals surface area (Å²) >= 11 is 0. The molecule has 1 aromatic heterocycles. The van der Waals surface area contributed by atoms with Crippen molar-refractivity contribution in [3.05, 3.63) is 70.9 Å². The van der Waals surface area contributed by atoms with E-state index in [-0.39, 0.29) is 18.2 Å². The van der Waals surface area contributed by atoms with Crippen molar-refractivity contribution in [2.24, 2.45) is 0 Å². The van der Waals surface area contributed by atoms with E-state index in [1.807, 2.05) is 17.7 Å². The van der Waals surface area contributed by atoms with Gasteiger partial charge >= 0.3 is 0 Å². The van der Waals surface area contributed by atoms with Crippen LogP contribution in [0.2, 0.25) is 0 Å². The predicted molar refractivity (Wildman–Crippen MR) is 90.9 cm³/mol. The largest absolute Gasteiger partial charge is 0.395 e. The van der Waals surface area contributed by atoms with E-state index in [0.717, 1.165) is 27.6 Å². The van der Waals surface area contributed by atoms with Crippen molar-refractivity contribution in [2.45, 2.75) is 20.0 Å². The Morgan fingerprint density at radius 1 is 1.08 bits per heavy atom. The summed E-state index contributed by atoms with van der Waals surface area (Å²) in [6, 6.07) is 9.39. The van der Waals surface area contributed by atoms with Crippen LogP contribution in [0.1, 0.15) is 16.7 Å². The minimum Gasteiger partial charge on any atom is -0.395 e. The Morgan fingerprint density at radius 2 is 1.83 bits per heavy atom. The van der Waals surface area contributed by atoms with Gasteiger partial charge in [0, 0.05) is 31.2 Å². The van der Waals surface area contributed by atoms with E-state index in [4.69, 9.17) is 5.11 Å². The molecule has 1 heterocycles. The summed E-state index contributed by atoms with van der Waals surface area (Å²) in [5, 5.41) is 13.0. The van der Waals surface area contributed by atoms with E-state index >= 15 is 0 Å². The minimum absolute atomic E-state index is 0.0447. The molecule has 0 radical (unpaired) electrons. The second kappa shape index (κ2) is 7.11. The lowest BCUT2D eigenvalue weighted by Gasteiger charge is -2.09. The fourth-order valence-corrected chi connectivity index (χ4v) is 3.06. The number of aliphatic hydroxyl groups is 1. The predicted octanol–water partition coefficient (Wildman–Crippen LogP) is 3.36. The molecule has 0 saturated carbocycles.